The van der Waals surface area contributed by atoms with Crippen LogP contribution in [0, 0.1) is 0 Å². The van der Waals surface area contributed by atoms with Crippen LogP contribution >= 0.6 is 0 Å². The highest BCUT2D eigenvalue weighted by Gasteiger charge is 2.11. The normalized spacial score (nSPS) is 13.2. The van der Waals surface area contributed by atoms with Gasteiger partial charge < -0.3 is 16.8 Å². The van der Waals surface area contributed by atoms with Crippen LogP contribution in [-0.4, -0.2) is 31.2 Å². The van der Waals surface area contributed by atoms with Crippen LogP contribution in [0.2, 0.25) is 0 Å². The van der Waals surface area contributed by atoms with Gasteiger partial charge >= 0.3 is 0 Å². The molecule has 0 aliphatic carbocycles. The molecule has 6 N–H and O–H groups in total. The van der Waals surface area contributed by atoms with Crippen molar-refractivity contribution in [3.8, 4) is 0 Å². The standard InChI is InChI=1S/C9H22N4O/c1-3-12-8(7(2)14)5-4-6-13-9(10)11/h8-9,12-13H,3-6,10-11H2,1-2H3/t8-/m0/s1. The van der Waals surface area contributed by atoms with Gasteiger partial charge in [-0.1, -0.05) is 6.92 Å². The van der Waals surface area contributed by atoms with Gasteiger partial charge in [0.2, 0.25) is 0 Å². The van der Waals surface area contributed by atoms with Crippen LogP contribution in [0.15, 0.2) is 0 Å². The van der Waals surface area contributed by atoms with Gasteiger partial charge in [0.05, 0.1) is 6.04 Å². The van der Waals surface area contributed by atoms with E-state index in [1.54, 1.807) is 6.92 Å². The lowest BCUT2D eigenvalue weighted by atomic mass is 10.1. The fourth-order valence-electron chi connectivity index (χ4n) is 1.27. The lowest BCUT2D eigenvalue weighted by Gasteiger charge is -2.15. The van der Waals surface area contributed by atoms with Gasteiger partial charge in [-0.25, -0.2) is 0 Å². The van der Waals surface area contributed by atoms with Crippen molar-refractivity contribution in [1.82, 2.24) is 10.6 Å². The van der Waals surface area contributed by atoms with Gasteiger partial charge in [-0.05, 0) is 32.9 Å². The highest BCUT2D eigenvalue weighted by atomic mass is 16.1. The summed E-state index contributed by atoms with van der Waals surface area (Å²) in [6.07, 6.45) is 1.25. The average molecular weight is 202 g/mol. The van der Waals surface area contributed by atoms with Gasteiger partial charge in [-0.15, -0.1) is 0 Å². The highest BCUT2D eigenvalue weighted by molar-refractivity contribution is 5.81. The topological polar surface area (TPSA) is 93.2 Å². The third-order valence-corrected chi connectivity index (χ3v) is 1.99. The van der Waals surface area contributed by atoms with E-state index in [0.717, 1.165) is 25.9 Å². The maximum Gasteiger partial charge on any atom is 0.146 e. The summed E-state index contributed by atoms with van der Waals surface area (Å²) in [6.45, 7) is 5.15. The predicted molar refractivity (Wildman–Crippen MR) is 57.5 cm³/mol. The monoisotopic (exact) mass is 202 g/mol. The molecular formula is C9H22N4O. The van der Waals surface area contributed by atoms with E-state index in [1.165, 1.54) is 0 Å². The molecular weight excluding hydrogens is 180 g/mol. The molecule has 1 atom stereocenters. The van der Waals surface area contributed by atoms with E-state index in [0.29, 0.717) is 0 Å². The van der Waals surface area contributed by atoms with E-state index in [-0.39, 0.29) is 11.8 Å². The van der Waals surface area contributed by atoms with Crippen molar-refractivity contribution < 1.29 is 4.79 Å². The fraction of sp³-hybridized carbons (Fsp3) is 0.889. The first-order valence-electron chi connectivity index (χ1n) is 5.06. The molecule has 0 spiro atoms. The second kappa shape index (κ2) is 7.87. The molecule has 0 aliphatic heterocycles. The van der Waals surface area contributed by atoms with Crippen LogP contribution in [-0.2, 0) is 4.79 Å². The van der Waals surface area contributed by atoms with Crippen molar-refractivity contribution in [3.63, 3.8) is 0 Å². The summed E-state index contributed by atoms with van der Waals surface area (Å²) in [5, 5.41) is 6.03. The van der Waals surface area contributed by atoms with E-state index < -0.39 is 6.29 Å². The van der Waals surface area contributed by atoms with E-state index in [2.05, 4.69) is 10.6 Å². The van der Waals surface area contributed by atoms with Gasteiger partial charge in [0, 0.05) is 0 Å². The summed E-state index contributed by atoms with van der Waals surface area (Å²) >= 11 is 0. The van der Waals surface area contributed by atoms with Crippen LogP contribution in [0.25, 0.3) is 0 Å². The molecule has 0 amide bonds. The Hall–Kier alpha value is -0.490. The molecule has 0 heterocycles. The van der Waals surface area contributed by atoms with Gasteiger partial charge in [-0.3, -0.25) is 10.1 Å². The number of likely N-dealkylation sites (N-methyl/N-ethyl adjacent to an activating group) is 1. The highest BCUT2D eigenvalue weighted by Crippen LogP contribution is 1.97. The Morgan fingerprint density at radius 1 is 1.36 bits per heavy atom. The molecule has 0 bridgehead atoms. The largest absolute Gasteiger partial charge is 0.308 e. The molecule has 0 saturated carbocycles. The minimum Gasteiger partial charge on any atom is -0.308 e. The third kappa shape index (κ3) is 6.97. The summed E-state index contributed by atoms with van der Waals surface area (Å²) in [7, 11) is 0. The van der Waals surface area contributed by atoms with Crippen LogP contribution in [0.3, 0.4) is 0 Å². The van der Waals surface area contributed by atoms with Crippen LogP contribution < -0.4 is 22.1 Å². The molecule has 0 saturated heterocycles. The number of nitrogens with two attached hydrogens (primary N) is 2. The second-order valence-corrected chi connectivity index (χ2v) is 3.34. The molecule has 0 aromatic heterocycles. The first kappa shape index (κ1) is 13.5. The van der Waals surface area contributed by atoms with Crippen LogP contribution in [0.4, 0.5) is 0 Å². The summed E-state index contributed by atoms with van der Waals surface area (Å²) in [4.78, 5) is 11.1. The number of carbonyl (C=O) groups excluding carboxylic acids is 1. The molecule has 0 unspecified atom stereocenters. The number of ketones is 1. The third-order valence-electron chi connectivity index (χ3n) is 1.99. The molecule has 5 heteroatoms. The molecule has 0 aromatic carbocycles. The zero-order valence-electron chi connectivity index (χ0n) is 9.05. The number of Topliss-reactive ketones (excluding diaryl/α,β-unsaturated/α-hetero) is 1. The van der Waals surface area contributed by atoms with Crippen molar-refractivity contribution >= 4 is 5.78 Å². The van der Waals surface area contributed by atoms with Crippen molar-refractivity contribution in [2.24, 2.45) is 11.5 Å². The minimum absolute atomic E-state index is 0.0317. The number of hydrogen-bond donors (Lipinski definition) is 4. The summed E-state index contributed by atoms with van der Waals surface area (Å²) < 4.78 is 0. The molecule has 0 aliphatic rings. The van der Waals surface area contributed by atoms with Crippen LogP contribution in [0.5, 0.6) is 0 Å². The van der Waals surface area contributed by atoms with Crippen molar-refractivity contribution in [3.05, 3.63) is 0 Å². The van der Waals surface area contributed by atoms with E-state index in [9.17, 15) is 4.79 Å². The Labute approximate surface area is 85.6 Å². The molecule has 5 nitrogen and oxygen atoms in total. The molecule has 0 rings (SSSR count). The first-order valence-corrected chi connectivity index (χ1v) is 5.06. The zero-order chi connectivity index (χ0) is 11.0. The smallest absolute Gasteiger partial charge is 0.146 e. The van der Waals surface area contributed by atoms with Gasteiger partial charge in [-0.2, -0.15) is 0 Å². The summed E-state index contributed by atoms with van der Waals surface area (Å²) in [5.74, 6) is 0.184. The Kier molecular flexibility index (Phi) is 7.60. The molecule has 0 radical (unpaired) electrons. The Morgan fingerprint density at radius 3 is 2.43 bits per heavy atom. The van der Waals surface area contributed by atoms with E-state index in [1.807, 2.05) is 6.92 Å². The SMILES string of the molecule is CCN[C@@H](CCCNC(N)N)C(C)=O. The number of hydrogen-bond acceptors (Lipinski definition) is 5. The maximum atomic E-state index is 11.1. The quantitative estimate of drug-likeness (QED) is 0.303. The van der Waals surface area contributed by atoms with E-state index in [4.69, 9.17) is 11.5 Å². The van der Waals surface area contributed by atoms with Crippen molar-refractivity contribution in [1.29, 1.82) is 0 Å². The zero-order valence-corrected chi connectivity index (χ0v) is 9.05. The first-order chi connectivity index (χ1) is 6.57. The van der Waals surface area contributed by atoms with Gasteiger partial charge in [0.15, 0.2) is 0 Å². The molecule has 14 heavy (non-hydrogen) atoms. The number of rotatable bonds is 8. The number of nitrogens with one attached hydrogen (secondary N) is 2. The minimum atomic E-state index is -0.468. The summed E-state index contributed by atoms with van der Waals surface area (Å²) in [6, 6.07) is -0.0317. The van der Waals surface area contributed by atoms with Crippen molar-refractivity contribution in [2.45, 2.75) is 39.0 Å². The average Bonchev–Trinajstić information content (AvgIpc) is 2.09. The number of carbonyl (C=O) groups is 1. The maximum absolute atomic E-state index is 11.1. The Morgan fingerprint density at radius 2 is 2.00 bits per heavy atom. The second-order valence-electron chi connectivity index (χ2n) is 3.34. The lowest BCUT2D eigenvalue weighted by molar-refractivity contribution is -0.119. The van der Waals surface area contributed by atoms with Crippen LogP contribution in [0.1, 0.15) is 26.7 Å². The Bertz CT molecular complexity index is 161. The summed E-state index contributed by atoms with van der Waals surface area (Å²) in [5.41, 5.74) is 10.6. The Balaban J connectivity index is 3.56. The molecule has 84 valence electrons. The van der Waals surface area contributed by atoms with Gasteiger partial charge in [0.1, 0.15) is 12.1 Å². The lowest BCUT2D eigenvalue weighted by Crippen LogP contribution is -2.46. The predicted octanol–water partition coefficient (Wildman–Crippen LogP) is -0.876. The molecule has 0 aromatic rings. The molecule has 0 fully saturated rings. The van der Waals surface area contributed by atoms with Gasteiger partial charge in [0.25, 0.3) is 0 Å². The van der Waals surface area contributed by atoms with Crippen molar-refractivity contribution in [2.75, 3.05) is 13.1 Å². The fourth-order valence-corrected chi connectivity index (χ4v) is 1.27. The van der Waals surface area contributed by atoms with E-state index >= 15 is 0 Å².